The molecule has 0 aromatic carbocycles. The van der Waals surface area contributed by atoms with E-state index in [0.717, 1.165) is 23.3 Å². The zero-order chi connectivity index (χ0) is 20.4. The average molecular weight is 403 g/mol. The molecule has 0 aliphatic rings. The highest BCUT2D eigenvalue weighted by Gasteiger charge is 2.20. The summed E-state index contributed by atoms with van der Waals surface area (Å²) in [6.45, 7) is 6.45. The first kappa shape index (κ1) is 19.9. The number of rotatable bonds is 6. The van der Waals surface area contributed by atoms with Crippen LogP contribution in [0.4, 0.5) is 5.95 Å². The zero-order valence-corrected chi connectivity index (χ0v) is 17.1. The van der Waals surface area contributed by atoms with Gasteiger partial charge in [-0.3, -0.25) is 14.1 Å². The van der Waals surface area contributed by atoms with Crippen molar-refractivity contribution in [2.75, 3.05) is 12.8 Å². The highest BCUT2D eigenvalue weighted by molar-refractivity contribution is 6.33. The van der Waals surface area contributed by atoms with Crippen molar-refractivity contribution in [3.05, 3.63) is 50.8 Å². The highest BCUT2D eigenvalue weighted by atomic mass is 35.5. The summed E-state index contributed by atoms with van der Waals surface area (Å²) in [5, 5.41) is 0.148. The Morgan fingerprint density at radius 1 is 1.25 bits per heavy atom. The van der Waals surface area contributed by atoms with Crippen LogP contribution in [0, 0.1) is 13.8 Å². The second kappa shape index (κ2) is 8.02. The molecule has 0 aliphatic heterocycles. The number of ether oxygens (including phenoxy) is 1. The fraction of sp³-hybridized carbons (Fsp3) is 0.368. The summed E-state index contributed by atoms with van der Waals surface area (Å²) in [5.74, 6) is 0.763. The molecule has 2 N–H and O–H groups in total. The van der Waals surface area contributed by atoms with Crippen LogP contribution in [0.15, 0.2) is 23.1 Å². The van der Waals surface area contributed by atoms with Gasteiger partial charge in [-0.15, -0.1) is 0 Å². The van der Waals surface area contributed by atoms with Crippen LogP contribution in [-0.4, -0.2) is 31.2 Å². The van der Waals surface area contributed by atoms with Crippen molar-refractivity contribution < 1.29 is 4.74 Å². The Kier molecular flexibility index (Phi) is 5.69. The Bertz CT molecular complexity index is 1120. The maximum atomic E-state index is 13.1. The van der Waals surface area contributed by atoms with Gasteiger partial charge in [0, 0.05) is 23.9 Å². The number of aromatic nitrogens is 5. The van der Waals surface area contributed by atoms with E-state index in [1.165, 1.54) is 4.57 Å². The quantitative estimate of drug-likeness (QED) is 0.502. The predicted molar refractivity (Wildman–Crippen MR) is 110 cm³/mol. The molecular weight excluding hydrogens is 380 g/mol. The predicted octanol–water partition coefficient (Wildman–Crippen LogP) is 2.86. The van der Waals surface area contributed by atoms with E-state index >= 15 is 0 Å². The minimum absolute atomic E-state index is 0.0127. The van der Waals surface area contributed by atoms with E-state index in [9.17, 15) is 4.79 Å². The normalized spacial score (nSPS) is 11.6. The summed E-state index contributed by atoms with van der Waals surface area (Å²) in [6, 6.07) is 0. The third-order valence-electron chi connectivity index (χ3n) is 4.58. The Labute approximate surface area is 167 Å². The molecule has 3 heterocycles. The summed E-state index contributed by atoms with van der Waals surface area (Å²) in [4.78, 5) is 25.9. The maximum Gasteiger partial charge on any atom is 0.331 e. The second-order valence-electron chi connectivity index (χ2n) is 6.45. The number of nitrogen functional groups attached to an aromatic ring is 1. The largest absolute Gasteiger partial charge is 0.496 e. The Morgan fingerprint density at radius 3 is 2.68 bits per heavy atom. The molecule has 0 saturated heterocycles. The first-order chi connectivity index (χ1) is 13.4. The van der Waals surface area contributed by atoms with Gasteiger partial charge in [0.05, 0.1) is 19.3 Å². The van der Waals surface area contributed by atoms with E-state index in [0.29, 0.717) is 23.4 Å². The van der Waals surface area contributed by atoms with Crippen molar-refractivity contribution in [2.24, 2.45) is 0 Å². The molecule has 148 valence electrons. The lowest BCUT2D eigenvalue weighted by Gasteiger charge is -2.12. The number of allylic oxidation sites excluding steroid dienone is 2. The van der Waals surface area contributed by atoms with Crippen LogP contribution in [0.2, 0.25) is 5.15 Å². The molecule has 9 heteroatoms. The van der Waals surface area contributed by atoms with Crippen molar-refractivity contribution in [3.63, 3.8) is 0 Å². The van der Waals surface area contributed by atoms with Gasteiger partial charge in [0.1, 0.15) is 11.3 Å². The molecule has 0 aliphatic carbocycles. The lowest BCUT2D eigenvalue weighted by atomic mass is 10.1. The van der Waals surface area contributed by atoms with Gasteiger partial charge in [-0.25, -0.2) is 4.79 Å². The summed E-state index contributed by atoms with van der Waals surface area (Å²) >= 11 is 6.30. The van der Waals surface area contributed by atoms with Crippen LogP contribution in [-0.2, 0) is 13.1 Å². The molecule has 0 radical (unpaired) electrons. The van der Waals surface area contributed by atoms with E-state index in [2.05, 4.69) is 15.0 Å². The van der Waals surface area contributed by atoms with E-state index in [1.54, 1.807) is 17.9 Å². The van der Waals surface area contributed by atoms with E-state index < -0.39 is 0 Å². The van der Waals surface area contributed by atoms with Crippen LogP contribution in [0.25, 0.3) is 11.2 Å². The number of nitrogens with two attached hydrogens (primary N) is 1. The average Bonchev–Trinajstić information content (AvgIpc) is 2.90. The molecule has 0 fully saturated rings. The molecule has 28 heavy (non-hydrogen) atoms. The van der Waals surface area contributed by atoms with Gasteiger partial charge in [0.2, 0.25) is 5.95 Å². The summed E-state index contributed by atoms with van der Waals surface area (Å²) in [6.07, 6.45) is 6.50. The molecule has 8 nitrogen and oxygen atoms in total. The summed E-state index contributed by atoms with van der Waals surface area (Å²) < 4.78 is 8.53. The van der Waals surface area contributed by atoms with E-state index in [4.69, 9.17) is 22.1 Å². The number of imidazole rings is 1. The number of anilines is 1. The van der Waals surface area contributed by atoms with Crippen LogP contribution >= 0.6 is 11.6 Å². The third kappa shape index (κ3) is 3.47. The van der Waals surface area contributed by atoms with Gasteiger partial charge in [0.25, 0.3) is 0 Å². The molecule has 0 amide bonds. The Balaban J connectivity index is 2.20. The van der Waals surface area contributed by atoms with Crippen LogP contribution in [0.5, 0.6) is 5.75 Å². The van der Waals surface area contributed by atoms with Crippen molar-refractivity contribution in [1.29, 1.82) is 0 Å². The molecule has 0 unspecified atom stereocenters. The molecule has 3 rings (SSSR count). The van der Waals surface area contributed by atoms with Crippen molar-refractivity contribution in [1.82, 2.24) is 24.1 Å². The lowest BCUT2D eigenvalue weighted by molar-refractivity contribution is 0.406. The van der Waals surface area contributed by atoms with Crippen molar-refractivity contribution in [2.45, 2.75) is 40.3 Å². The third-order valence-corrected chi connectivity index (χ3v) is 4.84. The molecule has 0 atom stereocenters. The summed E-state index contributed by atoms with van der Waals surface area (Å²) in [7, 11) is 1.62. The van der Waals surface area contributed by atoms with Crippen LogP contribution in [0.1, 0.15) is 30.2 Å². The standard InChI is InChI=1S/C19H23ClN6O2/c1-5-6-7-8-25-14-16(20)23-18(21)24-17(14)26(19(25)27)10-13-12(3)15(28-4)11(2)9-22-13/h6-7,9H,5,8,10H2,1-4H3,(H2,21,23,24). The monoisotopic (exact) mass is 402 g/mol. The Hall–Kier alpha value is -2.87. The fourth-order valence-corrected chi connectivity index (χ4v) is 3.50. The van der Waals surface area contributed by atoms with Gasteiger partial charge in [-0.2, -0.15) is 9.97 Å². The number of hydrogen-bond donors (Lipinski definition) is 1. The van der Waals surface area contributed by atoms with Gasteiger partial charge in [0.15, 0.2) is 10.8 Å². The lowest BCUT2D eigenvalue weighted by Crippen LogP contribution is -2.25. The fourth-order valence-electron chi connectivity index (χ4n) is 3.22. The Morgan fingerprint density at radius 2 is 2.00 bits per heavy atom. The zero-order valence-electron chi connectivity index (χ0n) is 16.4. The van der Waals surface area contributed by atoms with Crippen LogP contribution < -0.4 is 16.2 Å². The van der Waals surface area contributed by atoms with Crippen molar-refractivity contribution >= 4 is 28.7 Å². The maximum absolute atomic E-state index is 13.1. The highest BCUT2D eigenvalue weighted by Crippen LogP contribution is 2.26. The van der Waals surface area contributed by atoms with E-state index in [-0.39, 0.29) is 23.3 Å². The van der Waals surface area contributed by atoms with Gasteiger partial charge < -0.3 is 10.5 Å². The number of pyridine rings is 1. The molecule has 0 bridgehead atoms. The van der Waals surface area contributed by atoms with Crippen molar-refractivity contribution in [3.8, 4) is 5.75 Å². The number of nitrogens with zero attached hydrogens (tertiary/aromatic N) is 5. The smallest absolute Gasteiger partial charge is 0.331 e. The van der Waals surface area contributed by atoms with Gasteiger partial charge in [-0.1, -0.05) is 30.7 Å². The first-order valence-electron chi connectivity index (χ1n) is 8.95. The van der Waals surface area contributed by atoms with E-state index in [1.807, 2.05) is 32.9 Å². The molecule has 0 spiro atoms. The number of methoxy groups -OCH3 is 1. The SMILES string of the molecule is CCC=CCn1c(=O)n(Cc2ncc(C)c(OC)c2C)c2nc(N)nc(Cl)c21. The van der Waals surface area contributed by atoms with Crippen LogP contribution in [0.3, 0.4) is 0 Å². The first-order valence-corrected chi connectivity index (χ1v) is 9.32. The minimum atomic E-state index is -0.252. The minimum Gasteiger partial charge on any atom is -0.496 e. The second-order valence-corrected chi connectivity index (χ2v) is 6.81. The molecule has 3 aromatic heterocycles. The number of hydrogen-bond acceptors (Lipinski definition) is 6. The number of fused-ring (bicyclic) bond motifs is 1. The molecule has 3 aromatic rings. The number of halogens is 1. The number of aryl methyl sites for hydroxylation is 1. The van der Waals surface area contributed by atoms with Gasteiger partial charge >= 0.3 is 5.69 Å². The molecule has 0 saturated carbocycles. The summed E-state index contributed by atoms with van der Waals surface area (Å²) in [5.41, 5.74) is 8.88. The molecular formula is C19H23ClN6O2. The topological polar surface area (TPSA) is 101 Å². The van der Waals surface area contributed by atoms with Gasteiger partial charge in [-0.05, 0) is 20.3 Å².